The minimum atomic E-state index is -0.215. The van der Waals surface area contributed by atoms with Gasteiger partial charge in [0.05, 0.1) is 22.2 Å². The highest BCUT2D eigenvalue weighted by Crippen LogP contribution is 2.54. The number of aromatic nitrogens is 3. The van der Waals surface area contributed by atoms with E-state index < -0.39 is 0 Å². The number of benzene rings is 14. The Bertz CT molecular complexity index is 6120. The van der Waals surface area contributed by atoms with Crippen molar-refractivity contribution in [3.05, 3.63) is 324 Å². The highest BCUT2D eigenvalue weighted by Gasteiger charge is 2.31. The molecule has 0 spiro atoms. The summed E-state index contributed by atoms with van der Waals surface area (Å²) in [6.45, 7) is 27.1. The van der Waals surface area contributed by atoms with Crippen LogP contribution in [0.4, 0.5) is 0 Å². The first-order valence-electron chi connectivity index (χ1n) is 36.6. The number of phenolic OH excluding ortho intramolecular Hbond substituents is 1. The number of hydrogen-bond acceptors (Lipinski definition) is 4. The molecule has 0 saturated carbocycles. The van der Waals surface area contributed by atoms with Crippen LogP contribution in [0, 0.1) is 41.5 Å². The fourth-order valence-electron chi connectivity index (χ4n) is 16.4. The number of pyridine rings is 1. The fraction of sp³-hybridized carbons (Fsp3) is 0.140. The lowest BCUT2D eigenvalue weighted by Crippen LogP contribution is -2.11. The molecule has 510 valence electrons. The Balaban J connectivity index is 1.09. The van der Waals surface area contributed by atoms with Crippen molar-refractivity contribution in [2.24, 2.45) is 0 Å². The molecule has 0 atom stereocenters. The summed E-state index contributed by atoms with van der Waals surface area (Å²) in [5.74, 6) is 0.846. The van der Waals surface area contributed by atoms with Crippen LogP contribution in [0.2, 0.25) is 0 Å². The summed E-state index contributed by atoms with van der Waals surface area (Å²) in [6, 6.07) is 102. The van der Waals surface area contributed by atoms with E-state index in [1.807, 2.05) is 12.1 Å². The number of rotatable bonds is 11. The number of furan rings is 1. The minimum absolute atomic E-state index is 0.178. The molecule has 0 fully saturated rings. The Hall–Kier alpha value is -12.2. The predicted octanol–water partition coefficient (Wildman–Crippen LogP) is 27.4. The summed E-state index contributed by atoms with van der Waals surface area (Å²) in [4.78, 5) is 11.9. The maximum Gasteiger partial charge on any atom is 0.164 e. The number of aryl methyl sites for hydroxylation is 6. The first kappa shape index (κ1) is 66.1. The van der Waals surface area contributed by atoms with E-state index in [1.165, 1.54) is 33.4 Å². The van der Waals surface area contributed by atoms with Crippen molar-refractivity contribution in [1.82, 2.24) is 14.5 Å². The number of fused-ring (bicyclic) bond motifs is 7. The molecule has 0 aliphatic rings. The summed E-state index contributed by atoms with van der Waals surface area (Å²) >= 11 is 0. The summed E-state index contributed by atoms with van der Waals surface area (Å²) in [6.07, 6.45) is 0. The van der Waals surface area contributed by atoms with Crippen molar-refractivity contribution in [2.45, 2.75) is 93.9 Å². The predicted molar refractivity (Wildman–Crippen MR) is 443 cm³/mol. The van der Waals surface area contributed by atoms with Gasteiger partial charge in [0.25, 0.3) is 0 Å². The van der Waals surface area contributed by atoms with Gasteiger partial charge in [0.2, 0.25) is 0 Å². The summed E-state index contributed by atoms with van der Waals surface area (Å²) in [5.41, 5.74) is 34.2. The van der Waals surface area contributed by atoms with Gasteiger partial charge in [0.1, 0.15) is 22.6 Å². The Morgan fingerprint density at radius 2 is 0.810 bits per heavy atom. The standard InChI is InChI=1S/C100H83N3O2/c1-59-45-60(2)48-71(47-59)78-33-23-34-79(72-49-61(3)46-62(4)50-72)93(78)84-57-75(58-89-94(84)82-32-19-20-38-88(82)105-89)90-83(42-44-86-96(90)102-98(103(86)97-63(5)25-21-26-64(97)6)85-43-41-68-40-39-67-31-22-37-87(104)91(67)95(68)101-85)92-80(73-51-69(65-27-15-13-16-28-65)53-76(55-73)99(7,8)9)35-24-36-81(92)74-52-70(66-29-17-14-18-30-66)54-77(56-74)100(10,11)12/h13-58,104H,1-12H3. The molecule has 105 heavy (non-hydrogen) atoms. The van der Waals surface area contributed by atoms with Gasteiger partial charge in [0.15, 0.2) is 5.82 Å². The molecule has 0 bridgehead atoms. The molecular weight excluding hydrogens is 1280 g/mol. The molecule has 0 aliphatic carbocycles. The largest absolute Gasteiger partial charge is 0.507 e. The van der Waals surface area contributed by atoms with Gasteiger partial charge in [-0.3, -0.25) is 4.57 Å². The lowest BCUT2D eigenvalue weighted by atomic mass is 9.78. The van der Waals surface area contributed by atoms with Crippen LogP contribution in [-0.4, -0.2) is 19.6 Å². The van der Waals surface area contributed by atoms with Crippen molar-refractivity contribution in [3.63, 3.8) is 0 Å². The van der Waals surface area contributed by atoms with Crippen molar-refractivity contribution in [1.29, 1.82) is 0 Å². The van der Waals surface area contributed by atoms with Crippen molar-refractivity contribution in [3.8, 4) is 123 Å². The van der Waals surface area contributed by atoms with E-state index in [4.69, 9.17) is 14.4 Å². The number of aromatic hydroxyl groups is 1. The van der Waals surface area contributed by atoms with E-state index in [-0.39, 0.29) is 16.6 Å². The van der Waals surface area contributed by atoms with Gasteiger partial charge in [0, 0.05) is 27.1 Å². The summed E-state index contributed by atoms with van der Waals surface area (Å²) < 4.78 is 9.77. The fourth-order valence-corrected chi connectivity index (χ4v) is 16.4. The molecule has 0 amide bonds. The Morgan fingerprint density at radius 3 is 1.37 bits per heavy atom. The molecule has 1 N–H and O–H groups in total. The summed E-state index contributed by atoms with van der Waals surface area (Å²) in [5, 5.41) is 16.4. The highest BCUT2D eigenvalue weighted by molar-refractivity contribution is 6.19. The molecular formula is C100H83N3O2. The molecule has 3 heterocycles. The van der Waals surface area contributed by atoms with Crippen LogP contribution in [0.3, 0.4) is 0 Å². The van der Waals surface area contributed by atoms with Gasteiger partial charge >= 0.3 is 0 Å². The zero-order valence-electron chi connectivity index (χ0n) is 61.8. The number of hydrogen-bond donors (Lipinski definition) is 1. The Morgan fingerprint density at radius 1 is 0.324 bits per heavy atom. The maximum absolute atomic E-state index is 11.8. The highest BCUT2D eigenvalue weighted by atomic mass is 16.3. The lowest BCUT2D eigenvalue weighted by Gasteiger charge is -2.25. The van der Waals surface area contributed by atoms with Gasteiger partial charge in [-0.05, 0) is 223 Å². The number of imidazole rings is 1. The molecule has 5 nitrogen and oxygen atoms in total. The molecule has 0 radical (unpaired) electrons. The second-order valence-corrected chi connectivity index (χ2v) is 31.1. The molecule has 14 aromatic carbocycles. The van der Waals surface area contributed by atoms with Crippen molar-refractivity contribution >= 4 is 54.6 Å². The van der Waals surface area contributed by atoms with E-state index in [0.717, 1.165) is 161 Å². The average molecular weight is 1360 g/mol. The molecule has 5 heteroatoms. The molecule has 0 aliphatic heterocycles. The molecule has 17 rings (SSSR count). The smallest absolute Gasteiger partial charge is 0.164 e. The van der Waals surface area contributed by atoms with Gasteiger partial charge < -0.3 is 9.52 Å². The summed E-state index contributed by atoms with van der Waals surface area (Å²) in [7, 11) is 0. The normalized spacial score (nSPS) is 12.0. The van der Waals surface area contributed by atoms with Crippen LogP contribution in [0.5, 0.6) is 5.75 Å². The van der Waals surface area contributed by atoms with Crippen LogP contribution in [0.1, 0.15) is 86.1 Å². The molecule has 0 saturated heterocycles. The van der Waals surface area contributed by atoms with Gasteiger partial charge in [-0.15, -0.1) is 0 Å². The Kier molecular flexibility index (Phi) is 16.1. The van der Waals surface area contributed by atoms with E-state index in [1.54, 1.807) is 6.07 Å². The first-order valence-corrected chi connectivity index (χ1v) is 36.6. The maximum atomic E-state index is 11.8. The third kappa shape index (κ3) is 11.9. The van der Waals surface area contributed by atoms with Crippen LogP contribution in [0.15, 0.2) is 283 Å². The van der Waals surface area contributed by atoms with Crippen molar-refractivity contribution < 1.29 is 9.52 Å². The number of nitrogens with zero attached hydrogens (tertiary/aromatic N) is 3. The van der Waals surface area contributed by atoms with E-state index in [0.29, 0.717) is 22.4 Å². The van der Waals surface area contributed by atoms with E-state index in [2.05, 4.69) is 349 Å². The molecule has 17 aromatic rings. The zero-order chi connectivity index (χ0) is 72.3. The topological polar surface area (TPSA) is 64.1 Å². The quantitative estimate of drug-likeness (QED) is 0.131. The van der Waals surface area contributed by atoms with Gasteiger partial charge in [-0.1, -0.05) is 294 Å². The van der Waals surface area contributed by atoms with Crippen LogP contribution in [-0.2, 0) is 10.8 Å². The van der Waals surface area contributed by atoms with Crippen LogP contribution < -0.4 is 0 Å². The molecule has 3 aromatic heterocycles. The Labute approximate surface area is 615 Å². The SMILES string of the molecule is Cc1cc(C)cc(-c2cccc(-c3cc(C)cc(C)c3)c2-c2cc(-c3c(-c4c(-c5cc(-c6ccccc6)cc(C(C)(C)C)c5)cccc4-c4cc(-c5ccccc5)cc(C(C)(C)C)c4)ccc4c3nc(-c3ccc5ccc6cccc(O)c6c5n3)n4-c3c(C)cccc3C)cc3oc4ccccc4c23)c1. The number of phenols is 1. The van der Waals surface area contributed by atoms with Crippen LogP contribution >= 0.6 is 0 Å². The van der Waals surface area contributed by atoms with Crippen molar-refractivity contribution in [2.75, 3.05) is 0 Å². The lowest BCUT2D eigenvalue weighted by molar-refractivity contribution is 0.482. The second-order valence-electron chi connectivity index (χ2n) is 31.1. The second kappa shape index (κ2) is 25.7. The third-order valence-electron chi connectivity index (χ3n) is 21.3. The third-order valence-corrected chi connectivity index (χ3v) is 21.3. The minimum Gasteiger partial charge on any atom is -0.507 e. The first-order chi connectivity index (χ1) is 50.7. The van der Waals surface area contributed by atoms with Crippen LogP contribution in [0.25, 0.3) is 172 Å². The average Bonchev–Trinajstić information content (AvgIpc) is 1.68. The monoisotopic (exact) mass is 1360 g/mol. The molecule has 0 unspecified atom stereocenters. The van der Waals surface area contributed by atoms with Gasteiger partial charge in [-0.25, -0.2) is 9.97 Å². The van der Waals surface area contributed by atoms with E-state index >= 15 is 0 Å². The number of para-hydroxylation sites is 2. The van der Waals surface area contributed by atoms with E-state index in [9.17, 15) is 5.11 Å². The van der Waals surface area contributed by atoms with Gasteiger partial charge in [-0.2, -0.15) is 0 Å². The zero-order valence-corrected chi connectivity index (χ0v) is 61.8.